The Labute approximate surface area is 142 Å². The van der Waals surface area contributed by atoms with Crippen molar-refractivity contribution < 1.29 is 27.1 Å². The van der Waals surface area contributed by atoms with Crippen LogP contribution in [0.3, 0.4) is 0 Å². The van der Waals surface area contributed by atoms with Crippen LogP contribution in [0.4, 0.5) is 9.18 Å². The van der Waals surface area contributed by atoms with Gasteiger partial charge in [0.2, 0.25) is 0 Å². The number of alkyl halides is 1. The molecule has 0 unspecified atom stereocenters. The molecule has 0 saturated heterocycles. The Kier molecular flexibility index (Phi) is 7.62. The van der Waals surface area contributed by atoms with E-state index in [9.17, 15) is 17.6 Å². The second kappa shape index (κ2) is 8.98. The minimum Gasteiger partial charge on any atom is -0.434 e. The van der Waals surface area contributed by atoms with Crippen molar-refractivity contribution in [2.75, 3.05) is 19.5 Å². The van der Waals surface area contributed by atoms with Gasteiger partial charge in [0, 0.05) is 6.26 Å². The predicted molar refractivity (Wildman–Crippen MR) is 88.1 cm³/mol. The van der Waals surface area contributed by atoms with Crippen molar-refractivity contribution in [3.63, 3.8) is 0 Å². The maximum Gasteiger partial charge on any atom is 0.508 e. The summed E-state index contributed by atoms with van der Waals surface area (Å²) in [6.45, 7) is 3.26. The Morgan fingerprint density at radius 2 is 1.83 bits per heavy atom. The fraction of sp³-hybridized carbons (Fsp3) is 0.562. The number of carbonyl (C=O) groups excluding carboxylic acids is 1. The van der Waals surface area contributed by atoms with E-state index >= 15 is 0 Å². The minimum atomic E-state index is -3.35. The first-order valence-electron chi connectivity index (χ1n) is 7.60. The van der Waals surface area contributed by atoms with Gasteiger partial charge in [0.05, 0.1) is 17.5 Å². The molecule has 0 aromatic heterocycles. The number of benzene rings is 1. The molecule has 1 aromatic carbocycles. The average molecular weight is 361 g/mol. The molecule has 0 aliphatic heterocycles. The van der Waals surface area contributed by atoms with E-state index in [1.165, 1.54) is 24.3 Å². The first kappa shape index (κ1) is 20.4. The van der Waals surface area contributed by atoms with Gasteiger partial charge in [0.15, 0.2) is 9.84 Å². The van der Waals surface area contributed by atoms with Crippen LogP contribution in [-0.2, 0) is 19.3 Å². The zero-order chi connectivity index (χ0) is 18.3. The molecule has 0 spiro atoms. The van der Waals surface area contributed by atoms with Crippen LogP contribution >= 0.6 is 0 Å². The summed E-state index contributed by atoms with van der Waals surface area (Å²) in [7, 11) is -3.35. The summed E-state index contributed by atoms with van der Waals surface area (Å²) >= 11 is 0. The van der Waals surface area contributed by atoms with E-state index in [1.807, 2.05) is 13.8 Å². The molecule has 0 fully saturated rings. The third kappa shape index (κ3) is 6.45. The van der Waals surface area contributed by atoms with Crippen molar-refractivity contribution in [3.05, 3.63) is 29.8 Å². The van der Waals surface area contributed by atoms with Crippen molar-refractivity contribution in [3.8, 4) is 0 Å². The standard InChI is InChI=1S/C16H24FNO5S/c1-11(2)8-9-22-16(19)23-15(14(18)10-17)12-4-6-13(7-5-12)24(3,20)21/h4-7,11,14-15H,8-10,18H2,1-3H3/t14-,15-/m1/s1. The summed E-state index contributed by atoms with van der Waals surface area (Å²) in [5.41, 5.74) is 6.07. The van der Waals surface area contributed by atoms with Crippen molar-refractivity contribution in [2.45, 2.75) is 37.3 Å². The van der Waals surface area contributed by atoms with Crippen molar-refractivity contribution >= 4 is 16.0 Å². The van der Waals surface area contributed by atoms with Crippen LogP contribution in [0.1, 0.15) is 31.9 Å². The smallest absolute Gasteiger partial charge is 0.434 e. The second-order valence-corrected chi connectivity index (χ2v) is 7.99. The van der Waals surface area contributed by atoms with Gasteiger partial charge < -0.3 is 15.2 Å². The van der Waals surface area contributed by atoms with E-state index in [-0.39, 0.29) is 11.5 Å². The van der Waals surface area contributed by atoms with Gasteiger partial charge in [-0.25, -0.2) is 17.6 Å². The Morgan fingerprint density at radius 3 is 2.29 bits per heavy atom. The van der Waals surface area contributed by atoms with Crippen LogP contribution in [-0.4, -0.2) is 40.2 Å². The molecule has 136 valence electrons. The van der Waals surface area contributed by atoms with E-state index in [2.05, 4.69) is 0 Å². The molecule has 1 rings (SSSR count). The molecule has 0 heterocycles. The number of hydrogen-bond acceptors (Lipinski definition) is 6. The van der Waals surface area contributed by atoms with Crippen LogP contribution in [0, 0.1) is 5.92 Å². The largest absolute Gasteiger partial charge is 0.508 e. The third-order valence-corrected chi connectivity index (χ3v) is 4.47. The van der Waals surface area contributed by atoms with Crippen LogP contribution in [0.15, 0.2) is 29.2 Å². The molecule has 0 bridgehead atoms. The van der Waals surface area contributed by atoms with E-state index in [0.717, 1.165) is 6.26 Å². The molecule has 2 N–H and O–H groups in total. The Morgan fingerprint density at radius 1 is 1.25 bits per heavy atom. The molecule has 0 amide bonds. The molecule has 8 heteroatoms. The maximum atomic E-state index is 12.9. The SMILES string of the molecule is CC(C)CCOC(=O)O[C@H](c1ccc(S(C)(=O)=O)cc1)[C@H](N)CF. The number of halogens is 1. The van der Waals surface area contributed by atoms with Crippen molar-refractivity contribution in [1.82, 2.24) is 0 Å². The summed E-state index contributed by atoms with van der Waals surface area (Å²) in [6.07, 6.45) is -0.236. The third-order valence-electron chi connectivity index (χ3n) is 3.34. The van der Waals surface area contributed by atoms with Gasteiger partial charge >= 0.3 is 6.16 Å². The lowest BCUT2D eigenvalue weighted by molar-refractivity contribution is 0.00935. The number of carbonyl (C=O) groups is 1. The molecule has 6 nitrogen and oxygen atoms in total. The second-order valence-electron chi connectivity index (χ2n) is 5.98. The van der Waals surface area contributed by atoms with Crippen molar-refractivity contribution in [1.29, 1.82) is 0 Å². The summed E-state index contributed by atoms with van der Waals surface area (Å²) in [4.78, 5) is 11.8. The van der Waals surface area contributed by atoms with Gasteiger partial charge in [-0.15, -0.1) is 0 Å². The lowest BCUT2D eigenvalue weighted by Gasteiger charge is -2.22. The number of hydrogen-bond donors (Lipinski definition) is 1. The number of rotatable bonds is 8. The lowest BCUT2D eigenvalue weighted by atomic mass is 10.0. The Hall–Kier alpha value is -1.67. The Balaban J connectivity index is 2.84. The fourth-order valence-electron chi connectivity index (χ4n) is 1.90. The van der Waals surface area contributed by atoms with Gasteiger partial charge in [-0.1, -0.05) is 26.0 Å². The fourth-order valence-corrected chi connectivity index (χ4v) is 2.53. The average Bonchev–Trinajstić information content (AvgIpc) is 2.51. The van der Waals surface area contributed by atoms with Gasteiger partial charge in [-0.3, -0.25) is 0 Å². The van der Waals surface area contributed by atoms with Crippen LogP contribution in [0.25, 0.3) is 0 Å². The zero-order valence-electron chi connectivity index (χ0n) is 14.1. The highest BCUT2D eigenvalue weighted by atomic mass is 32.2. The number of sulfone groups is 1. The molecule has 0 radical (unpaired) electrons. The van der Waals surface area contributed by atoms with E-state index in [1.54, 1.807) is 0 Å². The molecule has 0 aliphatic carbocycles. The van der Waals surface area contributed by atoms with Gasteiger partial charge in [-0.2, -0.15) is 0 Å². The molecule has 0 aliphatic rings. The highest BCUT2D eigenvalue weighted by Crippen LogP contribution is 2.23. The molecule has 2 atom stereocenters. The van der Waals surface area contributed by atoms with Crippen LogP contribution < -0.4 is 5.73 Å². The van der Waals surface area contributed by atoms with Crippen molar-refractivity contribution in [2.24, 2.45) is 11.7 Å². The molecule has 0 saturated carbocycles. The first-order chi connectivity index (χ1) is 11.1. The van der Waals surface area contributed by atoms with E-state index in [0.29, 0.717) is 17.9 Å². The minimum absolute atomic E-state index is 0.110. The quantitative estimate of drug-likeness (QED) is 0.715. The topological polar surface area (TPSA) is 95.7 Å². The maximum absolute atomic E-state index is 12.9. The summed E-state index contributed by atoms with van der Waals surface area (Å²) in [6, 6.07) is 4.52. The van der Waals surface area contributed by atoms with E-state index < -0.39 is 34.8 Å². The predicted octanol–water partition coefficient (Wildman–Crippen LogP) is 2.63. The Bertz CT molecular complexity index is 630. The molecule has 24 heavy (non-hydrogen) atoms. The summed E-state index contributed by atoms with van der Waals surface area (Å²) < 4.78 is 45.9. The highest BCUT2D eigenvalue weighted by Gasteiger charge is 2.25. The zero-order valence-corrected chi connectivity index (χ0v) is 14.9. The lowest BCUT2D eigenvalue weighted by Crippen LogP contribution is -2.34. The molecular formula is C16H24FNO5S. The summed E-state index contributed by atoms with van der Waals surface area (Å²) in [5, 5.41) is 0. The van der Waals surface area contributed by atoms with Crippen LogP contribution in [0.5, 0.6) is 0 Å². The van der Waals surface area contributed by atoms with E-state index in [4.69, 9.17) is 15.2 Å². The molecule has 1 aromatic rings. The number of ether oxygens (including phenoxy) is 2. The monoisotopic (exact) mass is 361 g/mol. The van der Waals surface area contributed by atoms with Gasteiger partial charge in [-0.05, 0) is 30.0 Å². The highest BCUT2D eigenvalue weighted by molar-refractivity contribution is 7.90. The normalized spacial score (nSPS) is 14.2. The molecular weight excluding hydrogens is 337 g/mol. The summed E-state index contributed by atoms with van der Waals surface area (Å²) in [5.74, 6) is 0.366. The number of nitrogens with two attached hydrogens (primary N) is 1. The van der Waals surface area contributed by atoms with Gasteiger partial charge in [0.1, 0.15) is 12.8 Å². The first-order valence-corrected chi connectivity index (χ1v) is 9.49. The van der Waals surface area contributed by atoms with Gasteiger partial charge in [0.25, 0.3) is 0 Å². The van der Waals surface area contributed by atoms with Crippen LogP contribution in [0.2, 0.25) is 0 Å².